The van der Waals surface area contributed by atoms with Crippen LogP contribution in [0, 0.1) is 0 Å². The summed E-state index contributed by atoms with van der Waals surface area (Å²) in [4.78, 5) is 3.24. The fraction of sp³-hybridized carbons (Fsp3) is 1.00. The molecule has 0 amide bonds. The van der Waals surface area contributed by atoms with Gasteiger partial charge in [-0.3, -0.25) is 0 Å². The predicted molar refractivity (Wildman–Crippen MR) is 62.8 cm³/mol. The molecule has 76 valence electrons. The summed E-state index contributed by atoms with van der Waals surface area (Å²) in [5, 5.41) is 0. The lowest BCUT2D eigenvalue weighted by molar-refractivity contribution is 0.411. The van der Waals surface area contributed by atoms with Crippen molar-refractivity contribution in [3.8, 4) is 0 Å². The minimum atomic E-state index is -1.13. The van der Waals surface area contributed by atoms with Gasteiger partial charge in [0.05, 0.1) is 0 Å². The fourth-order valence-electron chi connectivity index (χ4n) is 0. The summed E-state index contributed by atoms with van der Waals surface area (Å²) in [5.74, 6) is 0. The van der Waals surface area contributed by atoms with Crippen LogP contribution in [0.3, 0.4) is 0 Å². The van der Waals surface area contributed by atoms with Gasteiger partial charge in [-0.25, -0.2) is 0 Å². The molecule has 2 nitrogen and oxygen atoms in total. The lowest BCUT2D eigenvalue weighted by atomic mass is 11.6. The van der Waals surface area contributed by atoms with Crippen LogP contribution in [0.1, 0.15) is 0 Å². The minimum absolute atomic E-state index is 0.881. The maximum Gasteiger partial charge on any atom is 0.183 e. The van der Waals surface area contributed by atoms with Crippen LogP contribution in [0.5, 0.6) is 0 Å². The van der Waals surface area contributed by atoms with Crippen LogP contribution in [0.25, 0.3) is 0 Å². The molecule has 0 saturated carbocycles. The SMILES string of the molecule is CN[Si](C)(C)C.CO[Si](C)(C)C. The molecule has 0 aliphatic carbocycles. The van der Waals surface area contributed by atoms with Gasteiger partial charge in [-0.2, -0.15) is 0 Å². The van der Waals surface area contributed by atoms with Crippen molar-refractivity contribution in [2.75, 3.05) is 14.2 Å². The van der Waals surface area contributed by atoms with Gasteiger partial charge >= 0.3 is 0 Å². The second-order valence-electron chi connectivity index (χ2n) is 4.82. The number of nitrogens with one attached hydrogen (secondary N) is 1. The predicted octanol–water partition coefficient (Wildman–Crippen LogP) is 2.51. The Bertz CT molecular complexity index is 90.6. The van der Waals surface area contributed by atoms with E-state index in [4.69, 9.17) is 4.43 Å². The monoisotopic (exact) mass is 207 g/mol. The van der Waals surface area contributed by atoms with Crippen molar-refractivity contribution in [3.63, 3.8) is 0 Å². The highest BCUT2D eigenvalue weighted by molar-refractivity contribution is 6.73. The van der Waals surface area contributed by atoms with Crippen LogP contribution >= 0.6 is 0 Å². The van der Waals surface area contributed by atoms with Crippen LogP contribution < -0.4 is 4.98 Å². The van der Waals surface area contributed by atoms with Crippen molar-refractivity contribution in [3.05, 3.63) is 0 Å². The average molecular weight is 207 g/mol. The Kier molecular flexibility index (Phi) is 7.31. The summed E-state index contributed by atoms with van der Waals surface area (Å²) in [5.41, 5.74) is 0. The van der Waals surface area contributed by atoms with E-state index in [1.165, 1.54) is 0 Å². The fourth-order valence-corrected chi connectivity index (χ4v) is 0. The van der Waals surface area contributed by atoms with E-state index in [1.807, 2.05) is 7.05 Å². The number of hydrogen-bond acceptors (Lipinski definition) is 2. The minimum Gasteiger partial charge on any atom is -0.421 e. The Hall–Kier alpha value is 0.354. The molecular weight excluding hydrogens is 182 g/mol. The molecule has 0 aromatic heterocycles. The molecule has 4 heteroatoms. The molecule has 0 aromatic carbocycles. The van der Waals surface area contributed by atoms with Gasteiger partial charge in [-0.15, -0.1) is 0 Å². The van der Waals surface area contributed by atoms with Gasteiger partial charge < -0.3 is 9.41 Å². The van der Waals surface area contributed by atoms with Gasteiger partial charge in [0.25, 0.3) is 0 Å². The summed E-state index contributed by atoms with van der Waals surface area (Å²) in [7, 11) is 1.78. The molecule has 0 spiro atoms. The zero-order chi connectivity index (χ0) is 10.4. The van der Waals surface area contributed by atoms with Gasteiger partial charge in [0, 0.05) is 7.11 Å². The summed E-state index contributed by atoms with van der Waals surface area (Å²) >= 11 is 0. The van der Waals surface area contributed by atoms with Crippen molar-refractivity contribution in [2.24, 2.45) is 0 Å². The quantitative estimate of drug-likeness (QED) is 0.703. The maximum absolute atomic E-state index is 5.08. The molecular formula is C8H25NOSi2. The van der Waals surface area contributed by atoms with Crippen molar-refractivity contribution in [1.29, 1.82) is 0 Å². The average Bonchev–Trinajstić information content (AvgIpc) is 1.86. The summed E-state index contributed by atoms with van der Waals surface area (Å²) in [6, 6.07) is 0. The summed E-state index contributed by atoms with van der Waals surface area (Å²) < 4.78 is 5.08. The molecule has 0 unspecified atom stereocenters. The van der Waals surface area contributed by atoms with Crippen LogP contribution in [-0.4, -0.2) is 30.7 Å². The second kappa shape index (κ2) is 5.91. The lowest BCUT2D eigenvalue weighted by Crippen LogP contribution is -2.37. The van der Waals surface area contributed by atoms with Crippen molar-refractivity contribution < 1.29 is 4.43 Å². The van der Waals surface area contributed by atoms with E-state index < -0.39 is 16.6 Å². The molecule has 0 bridgehead atoms. The third kappa shape index (κ3) is 22.4. The first-order valence-corrected chi connectivity index (χ1v) is 11.3. The Labute approximate surface area is 79.9 Å². The third-order valence-electron chi connectivity index (χ3n) is 1.36. The van der Waals surface area contributed by atoms with E-state index >= 15 is 0 Å². The molecule has 0 fully saturated rings. The smallest absolute Gasteiger partial charge is 0.183 e. The van der Waals surface area contributed by atoms with Gasteiger partial charge in [-0.1, -0.05) is 19.6 Å². The molecule has 0 saturated heterocycles. The maximum atomic E-state index is 5.08. The molecule has 0 aromatic rings. The molecule has 0 aliphatic rings. The van der Waals surface area contributed by atoms with E-state index in [-0.39, 0.29) is 0 Å². The molecule has 12 heavy (non-hydrogen) atoms. The summed E-state index contributed by atoms with van der Waals surface area (Å²) in [6.45, 7) is 13.3. The zero-order valence-corrected chi connectivity index (χ0v) is 11.9. The van der Waals surface area contributed by atoms with Gasteiger partial charge in [0.2, 0.25) is 0 Å². The molecule has 0 atom stereocenters. The van der Waals surface area contributed by atoms with Crippen LogP contribution in [-0.2, 0) is 4.43 Å². The number of hydrogen-bond donors (Lipinski definition) is 1. The van der Waals surface area contributed by atoms with Crippen molar-refractivity contribution in [2.45, 2.75) is 39.3 Å². The highest BCUT2D eigenvalue weighted by Gasteiger charge is 2.09. The standard InChI is InChI=1S/C4H13NSi.C4H12OSi/c2*1-5-6(2,3)4/h5H,1-4H3;1-4H3. The Morgan fingerprint density at radius 2 is 1.08 bits per heavy atom. The largest absolute Gasteiger partial charge is 0.421 e. The summed E-state index contributed by atoms with van der Waals surface area (Å²) in [6.07, 6.45) is 0. The first-order chi connectivity index (χ1) is 5.12. The van der Waals surface area contributed by atoms with E-state index in [1.54, 1.807) is 7.11 Å². The van der Waals surface area contributed by atoms with Gasteiger partial charge in [0.15, 0.2) is 8.32 Å². The van der Waals surface area contributed by atoms with Crippen molar-refractivity contribution in [1.82, 2.24) is 4.98 Å². The molecule has 0 radical (unpaired) electrons. The molecule has 0 aliphatic heterocycles. The third-order valence-corrected chi connectivity index (χ3v) is 4.09. The number of rotatable bonds is 2. The van der Waals surface area contributed by atoms with E-state index in [2.05, 4.69) is 44.3 Å². The normalized spacial score (nSPS) is 12.0. The Morgan fingerprint density at radius 3 is 1.08 bits per heavy atom. The first-order valence-electron chi connectivity index (χ1n) is 4.36. The second-order valence-corrected chi connectivity index (χ2v) is 14.4. The van der Waals surface area contributed by atoms with Crippen LogP contribution in [0.2, 0.25) is 39.3 Å². The van der Waals surface area contributed by atoms with E-state index in [9.17, 15) is 0 Å². The molecule has 0 rings (SSSR count). The van der Waals surface area contributed by atoms with Crippen molar-refractivity contribution >= 4 is 16.6 Å². The Balaban J connectivity index is 0. The van der Waals surface area contributed by atoms with Gasteiger partial charge in [-0.05, 0) is 26.7 Å². The van der Waals surface area contributed by atoms with Crippen LogP contribution in [0.4, 0.5) is 0 Å². The Morgan fingerprint density at radius 1 is 0.917 bits per heavy atom. The van der Waals surface area contributed by atoms with E-state index in [0.29, 0.717) is 0 Å². The zero-order valence-electron chi connectivity index (χ0n) is 9.91. The van der Waals surface area contributed by atoms with Crippen LogP contribution in [0.15, 0.2) is 0 Å². The first kappa shape index (κ1) is 14.9. The molecule has 1 N–H and O–H groups in total. The van der Waals surface area contributed by atoms with E-state index in [0.717, 1.165) is 0 Å². The highest BCUT2D eigenvalue weighted by Crippen LogP contribution is 1.97. The lowest BCUT2D eigenvalue weighted by Gasteiger charge is -2.11. The highest BCUT2D eigenvalue weighted by atomic mass is 28.4. The topological polar surface area (TPSA) is 21.3 Å². The molecule has 0 heterocycles. The van der Waals surface area contributed by atoms with Gasteiger partial charge in [0.1, 0.15) is 8.24 Å².